The molecule has 33 heavy (non-hydrogen) atoms. The molecule has 1 N–H and O–H groups in total. The maximum Gasteiger partial charge on any atom is 0.435 e. The third-order valence-electron chi connectivity index (χ3n) is 3.96. The summed E-state index contributed by atoms with van der Waals surface area (Å²) in [5, 5.41) is 8.23. The third kappa shape index (κ3) is 5.84. The van der Waals surface area contributed by atoms with Gasteiger partial charge in [-0.2, -0.15) is 26.3 Å². The number of pyridine rings is 1. The Balaban J connectivity index is 1.91. The number of aromatic nitrogens is 3. The van der Waals surface area contributed by atoms with Crippen molar-refractivity contribution in [2.24, 2.45) is 0 Å². The lowest BCUT2D eigenvalue weighted by Crippen LogP contribution is -2.28. The number of ether oxygens (including phenoxy) is 1. The molecule has 0 spiro atoms. The van der Waals surface area contributed by atoms with E-state index in [0.717, 1.165) is 35.0 Å². The Morgan fingerprint density at radius 2 is 1.76 bits per heavy atom. The van der Waals surface area contributed by atoms with Gasteiger partial charge in [0.25, 0.3) is 11.5 Å². The highest BCUT2D eigenvalue weighted by molar-refractivity contribution is 6.03. The van der Waals surface area contributed by atoms with Crippen LogP contribution in [0.4, 0.5) is 36.6 Å². The number of alkyl halides is 6. The van der Waals surface area contributed by atoms with Gasteiger partial charge in [-0.05, 0) is 36.4 Å². The van der Waals surface area contributed by atoms with Gasteiger partial charge >= 0.3 is 12.4 Å². The van der Waals surface area contributed by atoms with Crippen molar-refractivity contribution in [2.75, 3.05) is 11.9 Å². The van der Waals surface area contributed by atoms with Gasteiger partial charge < -0.3 is 10.1 Å². The molecule has 0 aliphatic carbocycles. The lowest BCUT2D eigenvalue weighted by atomic mass is 10.2. The van der Waals surface area contributed by atoms with Crippen LogP contribution in [0.2, 0.25) is 0 Å². The molecule has 0 saturated carbocycles. The predicted octanol–water partition coefficient (Wildman–Crippen LogP) is 3.98. The highest BCUT2D eigenvalue weighted by Gasteiger charge is 2.33. The van der Waals surface area contributed by atoms with Gasteiger partial charge in [-0.1, -0.05) is 0 Å². The largest absolute Gasteiger partial charge is 0.482 e. The van der Waals surface area contributed by atoms with Gasteiger partial charge in [0.15, 0.2) is 18.1 Å². The first-order valence-corrected chi connectivity index (χ1v) is 8.78. The Labute approximate surface area is 179 Å². The van der Waals surface area contributed by atoms with Crippen LogP contribution < -0.4 is 15.6 Å². The average molecular weight is 476 g/mol. The highest BCUT2D eigenvalue weighted by Crippen LogP contribution is 2.27. The van der Waals surface area contributed by atoms with E-state index in [1.165, 1.54) is 6.07 Å². The molecule has 3 rings (SSSR count). The second kappa shape index (κ2) is 8.88. The molecule has 2 aromatic heterocycles. The smallest absolute Gasteiger partial charge is 0.435 e. The number of rotatable bonds is 5. The average Bonchev–Trinajstić information content (AvgIpc) is 2.72. The van der Waals surface area contributed by atoms with Crippen molar-refractivity contribution in [2.45, 2.75) is 12.4 Å². The van der Waals surface area contributed by atoms with Crippen LogP contribution in [0.25, 0.3) is 5.69 Å². The summed E-state index contributed by atoms with van der Waals surface area (Å²) in [7, 11) is 0. The first kappa shape index (κ1) is 23.7. The maximum absolute atomic E-state index is 13.5. The fraction of sp³-hybridized carbons (Fsp3) is 0.158. The summed E-state index contributed by atoms with van der Waals surface area (Å²) in [5.74, 6) is -3.01. The quantitative estimate of drug-likeness (QED) is 0.564. The minimum atomic E-state index is -4.75. The molecule has 0 unspecified atom stereocenters. The minimum absolute atomic E-state index is 0.283. The number of amides is 1. The van der Waals surface area contributed by atoms with Crippen molar-refractivity contribution in [1.82, 2.24) is 14.8 Å². The number of carbonyl (C=O) groups is 1. The van der Waals surface area contributed by atoms with Crippen molar-refractivity contribution in [3.05, 3.63) is 76.1 Å². The van der Waals surface area contributed by atoms with Gasteiger partial charge in [0, 0.05) is 12.3 Å². The molecule has 0 fully saturated rings. The molecule has 1 amide bonds. The van der Waals surface area contributed by atoms with Crippen LogP contribution in [-0.2, 0) is 6.18 Å². The maximum atomic E-state index is 13.5. The molecule has 174 valence electrons. The van der Waals surface area contributed by atoms with E-state index in [-0.39, 0.29) is 5.69 Å². The van der Waals surface area contributed by atoms with Crippen molar-refractivity contribution in [1.29, 1.82) is 0 Å². The summed E-state index contributed by atoms with van der Waals surface area (Å²) >= 11 is 0. The normalized spacial score (nSPS) is 11.8. The first-order valence-electron chi connectivity index (χ1n) is 8.78. The lowest BCUT2D eigenvalue weighted by molar-refractivity contribution is -0.153. The number of anilines is 1. The zero-order valence-corrected chi connectivity index (χ0v) is 16.0. The van der Waals surface area contributed by atoms with Gasteiger partial charge in [-0.3, -0.25) is 14.2 Å². The Kier molecular flexibility index (Phi) is 6.37. The molecular formula is C19H11F7N4O3. The highest BCUT2D eigenvalue weighted by atomic mass is 19.4. The molecule has 0 bridgehead atoms. The van der Waals surface area contributed by atoms with Crippen LogP contribution in [-0.4, -0.2) is 33.5 Å². The lowest BCUT2D eigenvalue weighted by Gasteiger charge is -2.15. The summed E-state index contributed by atoms with van der Waals surface area (Å²) in [4.78, 5) is 25.2. The van der Waals surface area contributed by atoms with Crippen LogP contribution in [0.15, 0.2) is 53.5 Å². The number of nitrogens with zero attached hydrogens (tertiary/aromatic N) is 3. The molecule has 14 heteroatoms. The van der Waals surface area contributed by atoms with Crippen LogP contribution in [0.1, 0.15) is 16.1 Å². The van der Waals surface area contributed by atoms with Crippen LogP contribution in [0.3, 0.4) is 0 Å². The number of nitrogens with one attached hydrogen (secondary N) is 1. The number of halogens is 7. The topological polar surface area (TPSA) is 86.1 Å². The first-order chi connectivity index (χ1) is 15.3. The van der Waals surface area contributed by atoms with E-state index in [0.29, 0.717) is 12.1 Å². The number of hydrogen-bond acceptors (Lipinski definition) is 5. The SMILES string of the molecule is O=C(Nc1ccc(C(F)(F)F)nn1)c1cccn(-c2ccc(F)cc2OCC(F)(F)F)c1=O. The van der Waals surface area contributed by atoms with E-state index in [2.05, 4.69) is 20.3 Å². The van der Waals surface area contributed by atoms with Gasteiger partial charge in [-0.15, -0.1) is 10.2 Å². The molecule has 1 aromatic carbocycles. The van der Waals surface area contributed by atoms with Crippen molar-refractivity contribution in [3.63, 3.8) is 0 Å². The molecule has 0 atom stereocenters. The summed E-state index contributed by atoms with van der Waals surface area (Å²) < 4.78 is 94.1. The zero-order valence-electron chi connectivity index (χ0n) is 16.0. The number of hydrogen-bond donors (Lipinski definition) is 1. The van der Waals surface area contributed by atoms with Crippen LogP contribution in [0, 0.1) is 5.82 Å². The molecular weight excluding hydrogens is 465 g/mol. The summed E-state index contributed by atoms with van der Waals surface area (Å²) in [6.07, 6.45) is -8.38. The molecule has 3 aromatic rings. The van der Waals surface area contributed by atoms with E-state index in [4.69, 9.17) is 0 Å². The Bertz CT molecular complexity index is 1220. The standard InChI is InChI=1S/C19H11F7N4O3/c20-10-3-4-12(13(8-10)33-9-18(21,22)23)30-7-1-2-11(17(30)32)16(31)27-15-6-5-14(28-29-15)19(24,25)26/h1-8H,9H2,(H,27,29,31). The van der Waals surface area contributed by atoms with Crippen LogP contribution >= 0.6 is 0 Å². The second-order valence-electron chi connectivity index (χ2n) is 6.37. The second-order valence-corrected chi connectivity index (χ2v) is 6.37. The molecule has 2 heterocycles. The van der Waals surface area contributed by atoms with Crippen molar-refractivity contribution >= 4 is 11.7 Å². The number of benzene rings is 1. The molecule has 0 aliphatic heterocycles. The van der Waals surface area contributed by atoms with Crippen molar-refractivity contribution in [3.8, 4) is 11.4 Å². The van der Waals surface area contributed by atoms with E-state index in [9.17, 15) is 40.3 Å². The van der Waals surface area contributed by atoms with E-state index < -0.39 is 59.1 Å². The van der Waals surface area contributed by atoms with Crippen molar-refractivity contribution < 1.29 is 40.3 Å². The molecule has 0 aliphatic rings. The Morgan fingerprint density at radius 1 is 1.03 bits per heavy atom. The molecule has 0 radical (unpaired) electrons. The van der Waals surface area contributed by atoms with Gasteiger partial charge in [0.1, 0.15) is 17.1 Å². The summed E-state index contributed by atoms with van der Waals surface area (Å²) in [6, 6.07) is 6.13. The predicted molar refractivity (Wildman–Crippen MR) is 98.5 cm³/mol. The monoisotopic (exact) mass is 476 g/mol. The summed E-state index contributed by atoms with van der Waals surface area (Å²) in [6.45, 7) is -1.76. The van der Waals surface area contributed by atoms with Gasteiger partial charge in [0.05, 0.1) is 5.69 Å². The van der Waals surface area contributed by atoms with E-state index >= 15 is 0 Å². The molecule has 0 saturated heterocycles. The van der Waals surface area contributed by atoms with E-state index in [1.807, 2.05) is 0 Å². The minimum Gasteiger partial charge on any atom is -0.482 e. The van der Waals surface area contributed by atoms with Crippen LogP contribution in [0.5, 0.6) is 5.75 Å². The summed E-state index contributed by atoms with van der Waals surface area (Å²) in [5.41, 5.74) is -3.15. The zero-order chi connectivity index (χ0) is 24.4. The Morgan fingerprint density at radius 3 is 2.36 bits per heavy atom. The number of carbonyl (C=O) groups excluding carboxylic acids is 1. The Hall–Kier alpha value is -3.97. The van der Waals surface area contributed by atoms with E-state index in [1.54, 1.807) is 0 Å². The third-order valence-corrected chi connectivity index (χ3v) is 3.96. The fourth-order valence-corrected chi connectivity index (χ4v) is 2.55. The molecule has 7 nitrogen and oxygen atoms in total. The van der Waals surface area contributed by atoms with Gasteiger partial charge in [-0.25, -0.2) is 4.39 Å². The van der Waals surface area contributed by atoms with Gasteiger partial charge in [0.2, 0.25) is 0 Å². The fourth-order valence-electron chi connectivity index (χ4n) is 2.55.